The third kappa shape index (κ3) is 1.86. The van der Waals surface area contributed by atoms with Crippen LogP contribution in [-0.2, 0) is 0 Å². The summed E-state index contributed by atoms with van der Waals surface area (Å²) in [4.78, 5) is 10.1. The zero-order valence-electron chi connectivity index (χ0n) is 4.89. The van der Waals surface area contributed by atoms with Crippen molar-refractivity contribution in [1.82, 2.24) is 5.16 Å². The summed E-state index contributed by atoms with van der Waals surface area (Å²) in [5.74, 6) is 0.616. The third-order valence-corrected chi connectivity index (χ3v) is 0.647. The summed E-state index contributed by atoms with van der Waals surface area (Å²) in [7, 11) is 0. The Kier molecular flexibility index (Phi) is 3.12. The van der Waals surface area contributed by atoms with Crippen LogP contribution in [0.5, 0.6) is 0 Å². The van der Waals surface area contributed by atoms with E-state index in [9.17, 15) is 4.79 Å². The molecule has 3 nitrogen and oxygen atoms in total. The second-order valence-corrected chi connectivity index (χ2v) is 1.32. The Labute approximate surface area is 68.3 Å². The maximum absolute atomic E-state index is 10.1. The van der Waals surface area contributed by atoms with Gasteiger partial charge in [-0.1, -0.05) is 0 Å². The summed E-state index contributed by atoms with van der Waals surface area (Å²) in [6, 6.07) is 1.39. The maximum Gasteiger partial charge on any atom is 0.280 e. The molecule has 1 heterocycles. The van der Waals surface area contributed by atoms with Crippen molar-refractivity contribution in [3.8, 4) is 0 Å². The van der Waals surface area contributed by atoms with E-state index in [1.807, 2.05) is 0 Å². The van der Waals surface area contributed by atoms with E-state index in [2.05, 4.69) is 9.68 Å². The molecule has 1 N–H and O–H groups in total. The number of rotatable bonds is 0. The monoisotopic (exact) mass is 122 g/mol. The molecule has 1 aromatic rings. The van der Waals surface area contributed by atoms with Crippen LogP contribution in [0.15, 0.2) is 15.4 Å². The van der Waals surface area contributed by atoms with E-state index >= 15 is 0 Å². The first-order valence-electron chi connectivity index (χ1n) is 1.94. The topological polar surface area (TPSA) is 46.0 Å². The molecule has 0 aliphatic carbocycles. The summed E-state index contributed by atoms with van der Waals surface area (Å²) in [6.07, 6.45) is 0. The molecule has 4 heteroatoms. The number of nitrogens with one attached hydrogen (secondary N) is 1. The SMILES string of the molecule is Cc1cc(=O)[nH]o1.[Na]. The first kappa shape index (κ1) is 8.01. The second-order valence-electron chi connectivity index (χ2n) is 1.32. The average molecular weight is 122 g/mol. The van der Waals surface area contributed by atoms with E-state index in [0.717, 1.165) is 0 Å². The van der Waals surface area contributed by atoms with Gasteiger partial charge in [0.15, 0.2) is 0 Å². The Bertz CT molecular complexity index is 202. The van der Waals surface area contributed by atoms with E-state index in [-0.39, 0.29) is 35.1 Å². The Hall–Kier alpha value is 0.0100. The van der Waals surface area contributed by atoms with Gasteiger partial charge in [0.1, 0.15) is 5.76 Å². The number of aryl methyl sites for hydroxylation is 1. The van der Waals surface area contributed by atoms with Crippen LogP contribution in [-0.4, -0.2) is 34.7 Å². The van der Waals surface area contributed by atoms with Crippen molar-refractivity contribution in [1.29, 1.82) is 0 Å². The first-order valence-corrected chi connectivity index (χ1v) is 1.94. The molecule has 39 valence electrons. The Morgan fingerprint density at radius 2 is 2.38 bits per heavy atom. The van der Waals surface area contributed by atoms with Crippen LogP contribution in [0.2, 0.25) is 0 Å². The number of H-pyrrole nitrogens is 1. The summed E-state index contributed by atoms with van der Waals surface area (Å²) in [6.45, 7) is 1.71. The van der Waals surface area contributed by atoms with Crippen molar-refractivity contribution >= 4 is 29.6 Å². The van der Waals surface area contributed by atoms with Gasteiger partial charge >= 0.3 is 0 Å². The van der Waals surface area contributed by atoms with Crippen LogP contribution in [0.4, 0.5) is 0 Å². The van der Waals surface area contributed by atoms with Crippen LogP contribution in [0.25, 0.3) is 0 Å². The van der Waals surface area contributed by atoms with E-state index in [1.54, 1.807) is 6.92 Å². The Morgan fingerprint density at radius 1 is 1.75 bits per heavy atom. The van der Waals surface area contributed by atoms with Gasteiger partial charge in [-0.05, 0) is 6.92 Å². The van der Waals surface area contributed by atoms with Crippen molar-refractivity contribution in [3.05, 3.63) is 22.2 Å². The van der Waals surface area contributed by atoms with Gasteiger partial charge in [-0.25, -0.2) is 0 Å². The number of aromatic amines is 1. The van der Waals surface area contributed by atoms with Crippen LogP contribution < -0.4 is 5.56 Å². The largest absolute Gasteiger partial charge is 0.384 e. The molecule has 0 amide bonds. The molecule has 0 saturated heterocycles. The molecule has 1 radical (unpaired) electrons. The average Bonchev–Trinajstić information content (AvgIpc) is 1.87. The second kappa shape index (κ2) is 3.12. The summed E-state index contributed by atoms with van der Waals surface area (Å²) in [5, 5.41) is 2.14. The van der Waals surface area contributed by atoms with Gasteiger partial charge in [0, 0.05) is 35.6 Å². The molecule has 0 aliphatic rings. The van der Waals surface area contributed by atoms with Crippen molar-refractivity contribution < 1.29 is 4.52 Å². The fraction of sp³-hybridized carbons (Fsp3) is 0.250. The summed E-state index contributed by atoms with van der Waals surface area (Å²) >= 11 is 0. The minimum atomic E-state index is -0.183. The van der Waals surface area contributed by atoms with Crippen LogP contribution in [0, 0.1) is 6.92 Å². The van der Waals surface area contributed by atoms with Gasteiger partial charge in [-0.3, -0.25) is 4.79 Å². The molecule has 0 saturated carbocycles. The Morgan fingerprint density at radius 3 is 2.50 bits per heavy atom. The summed E-state index contributed by atoms with van der Waals surface area (Å²) < 4.78 is 4.53. The molecule has 0 spiro atoms. The van der Waals surface area contributed by atoms with Crippen molar-refractivity contribution in [2.75, 3.05) is 0 Å². The van der Waals surface area contributed by atoms with E-state index in [4.69, 9.17) is 0 Å². The van der Waals surface area contributed by atoms with Crippen molar-refractivity contribution in [2.45, 2.75) is 6.92 Å². The zero-order valence-corrected chi connectivity index (χ0v) is 6.89. The summed E-state index contributed by atoms with van der Waals surface area (Å²) in [5.41, 5.74) is -0.183. The van der Waals surface area contributed by atoms with Crippen LogP contribution in [0.3, 0.4) is 0 Å². The van der Waals surface area contributed by atoms with Gasteiger partial charge in [0.2, 0.25) is 0 Å². The van der Waals surface area contributed by atoms with Gasteiger partial charge in [-0.15, -0.1) is 0 Å². The van der Waals surface area contributed by atoms with Crippen molar-refractivity contribution in [2.24, 2.45) is 0 Å². The van der Waals surface area contributed by atoms with Crippen LogP contribution >= 0.6 is 0 Å². The fourth-order valence-corrected chi connectivity index (χ4v) is 0.374. The number of aromatic nitrogens is 1. The predicted molar refractivity (Wildman–Crippen MR) is 29.8 cm³/mol. The molecule has 0 unspecified atom stereocenters. The first-order chi connectivity index (χ1) is 3.29. The van der Waals surface area contributed by atoms with E-state index in [0.29, 0.717) is 5.76 Å². The molecule has 1 aromatic heterocycles. The molecule has 0 aliphatic heterocycles. The molecule has 0 atom stereocenters. The Balaban J connectivity index is 0.000000490. The number of hydrogen-bond acceptors (Lipinski definition) is 2. The third-order valence-electron chi connectivity index (χ3n) is 0.647. The minimum absolute atomic E-state index is 0. The zero-order chi connectivity index (χ0) is 5.28. The molecular weight excluding hydrogens is 117 g/mol. The number of hydrogen-bond donors (Lipinski definition) is 1. The molecular formula is C4H5NNaO2. The minimum Gasteiger partial charge on any atom is -0.384 e. The standard InChI is InChI=1S/C4H5NO2.Na/c1-3-2-4(6)5-7-3;/h2H,1H3,(H,5,6);. The fourth-order valence-electron chi connectivity index (χ4n) is 0.374. The molecule has 1 rings (SSSR count). The van der Waals surface area contributed by atoms with Gasteiger partial charge in [0.25, 0.3) is 5.56 Å². The normalized spacial score (nSPS) is 8.12. The molecule has 8 heavy (non-hydrogen) atoms. The van der Waals surface area contributed by atoms with Gasteiger partial charge in [0.05, 0.1) is 0 Å². The van der Waals surface area contributed by atoms with Gasteiger partial charge < -0.3 is 4.52 Å². The van der Waals surface area contributed by atoms with E-state index < -0.39 is 0 Å². The molecule has 0 bridgehead atoms. The molecule has 0 aromatic carbocycles. The predicted octanol–water partition coefficient (Wildman–Crippen LogP) is -0.104. The maximum atomic E-state index is 10.1. The molecule has 0 fully saturated rings. The van der Waals surface area contributed by atoms with Crippen LogP contribution in [0.1, 0.15) is 5.76 Å². The smallest absolute Gasteiger partial charge is 0.280 e. The van der Waals surface area contributed by atoms with Gasteiger partial charge in [-0.2, -0.15) is 5.16 Å². The quantitative estimate of drug-likeness (QED) is 0.488. The van der Waals surface area contributed by atoms with Crippen molar-refractivity contribution in [3.63, 3.8) is 0 Å². The van der Waals surface area contributed by atoms with E-state index in [1.165, 1.54) is 6.07 Å².